The molecule has 1 fully saturated rings. The summed E-state index contributed by atoms with van der Waals surface area (Å²) in [6.45, 7) is 8.84. The molecule has 4 nitrogen and oxygen atoms in total. The number of fused-ring (bicyclic) bond motifs is 3. The Morgan fingerprint density at radius 2 is 1.73 bits per heavy atom. The molecular formula is C22H34O4. The van der Waals surface area contributed by atoms with Crippen molar-refractivity contribution in [2.45, 2.75) is 77.4 Å². The van der Waals surface area contributed by atoms with Gasteiger partial charge in [0.1, 0.15) is 0 Å². The van der Waals surface area contributed by atoms with Gasteiger partial charge in [0.25, 0.3) is 0 Å². The molecule has 0 saturated heterocycles. The van der Waals surface area contributed by atoms with E-state index in [-0.39, 0.29) is 11.3 Å². The van der Waals surface area contributed by atoms with Crippen LogP contribution in [0.4, 0.5) is 0 Å². The zero-order valence-corrected chi connectivity index (χ0v) is 17.1. The summed E-state index contributed by atoms with van der Waals surface area (Å²) in [5.41, 5.74) is 2.66. The van der Waals surface area contributed by atoms with Crippen LogP contribution in [0.15, 0.2) is 6.07 Å². The second-order valence-corrected chi connectivity index (χ2v) is 9.07. The smallest absolute Gasteiger partial charge is 0.165 e. The van der Waals surface area contributed by atoms with Gasteiger partial charge in [0.15, 0.2) is 17.8 Å². The van der Waals surface area contributed by atoms with Crippen LogP contribution in [-0.2, 0) is 11.8 Å². The SMILES string of the molecule is COc1c(C(C)C)cc2c(c1OC)[C@@]1(C(O)O)CCCC(C)(C)C1CC2. The molecular weight excluding hydrogens is 328 g/mol. The zero-order chi connectivity index (χ0) is 19.3. The van der Waals surface area contributed by atoms with E-state index in [2.05, 4.69) is 33.8 Å². The summed E-state index contributed by atoms with van der Waals surface area (Å²) < 4.78 is 11.6. The highest BCUT2D eigenvalue weighted by Gasteiger charge is 2.57. The third kappa shape index (κ3) is 2.65. The summed E-state index contributed by atoms with van der Waals surface area (Å²) in [5, 5.41) is 21.3. The predicted molar refractivity (Wildman–Crippen MR) is 103 cm³/mol. The molecule has 0 radical (unpaired) electrons. The highest BCUT2D eigenvalue weighted by atomic mass is 16.5. The molecule has 4 heteroatoms. The van der Waals surface area contributed by atoms with Crippen molar-refractivity contribution < 1.29 is 19.7 Å². The summed E-state index contributed by atoms with van der Waals surface area (Å²) in [4.78, 5) is 0. The second kappa shape index (κ2) is 6.72. The third-order valence-corrected chi connectivity index (χ3v) is 6.98. The lowest BCUT2D eigenvalue weighted by Crippen LogP contribution is -2.56. The Labute approximate surface area is 157 Å². The van der Waals surface area contributed by atoms with Crippen molar-refractivity contribution >= 4 is 0 Å². The second-order valence-electron chi connectivity index (χ2n) is 9.07. The molecule has 1 aromatic rings. The highest BCUT2D eigenvalue weighted by Crippen LogP contribution is 2.61. The van der Waals surface area contributed by atoms with Gasteiger partial charge in [-0.15, -0.1) is 0 Å². The summed E-state index contributed by atoms with van der Waals surface area (Å²) >= 11 is 0. The van der Waals surface area contributed by atoms with Gasteiger partial charge in [-0.3, -0.25) is 0 Å². The van der Waals surface area contributed by atoms with Gasteiger partial charge < -0.3 is 19.7 Å². The summed E-state index contributed by atoms with van der Waals surface area (Å²) in [7, 11) is 3.33. The van der Waals surface area contributed by atoms with Crippen molar-refractivity contribution in [1.29, 1.82) is 0 Å². The van der Waals surface area contributed by atoms with Crippen molar-refractivity contribution in [3.8, 4) is 11.5 Å². The maximum atomic E-state index is 10.7. The lowest BCUT2D eigenvalue weighted by molar-refractivity contribution is -0.158. The molecule has 1 aromatic carbocycles. The highest BCUT2D eigenvalue weighted by molar-refractivity contribution is 5.61. The molecule has 2 aliphatic carbocycles. The minimum Gasteiger partial charge on any atom is -0.493 e. The van der Waals surface area contributed by atoms with Gasteiger partial charge in [0, 0.05) is 11.1 Å². The number of rotatable bonds is 4. The van der Waals surface area contributed by atoms with Gasteiger partial charge in [-0.1, -0.05) is 40.2 Å². The van der Waals surface area contributed by atoms with E-state index in [1.807, 2.05) is 0 Å². The first kappa shape index (κ1) is 19.5. The molecule has 0 aromatic heterocycles. The largest absolute Gasteiger partial charge is 0.493 e. The normalized spacial score (nSPS) is 27.2. The Bertz CT molecular complexity index is 677. The van der Waals surface area contributed by atoms with E-state index in [0.29, 0.717) is 11.7 Å². The average molecular weight is 363 g/mol. The minimum absolute atomic E-state index is 0.0641. The molecule has 26 heavy (non-hydrogen) atoms. The first-order valence-corrected chi connectivity index (χ1v) is 9.85. The van der Waals surface area contributed by atoms with Crippen LogP contribution < -0.4 is 9.47 Å². The molecule has 2 atom stereocenters. The van der Waals surface area contributed by atoms with E-state index in [9.17, 15) is 10.2 Å². The van der Waals surface area contributed by atoms with E-state index in [1.54, 1.807) is 14.2 Å². The molecule has 1 unspecified atom stereocenters. The fourth-order valence-electron chi connectivity index (χ4n) is 5.83. The van der Waals surface area contributed by atoms with Gasteiger partial charge in [-0.25, -0.2) is 0 Å². The van der Waals surface area contributed by atoms with E-state index >= 15 is 0 Å². The van der Waals surface area contributed by atoms with E-state index in [4.69, 9.17) is 9.47 Å². The number of hydrogen-bond donors (Lipinski definition) is 2. The maximum Gasteiger partial charge on any atom is 0.165 e. The van der Waals surface area contributed by atoms with Crippen LogP contribution in [0.5, 0.6) is 11.5 Å². The number of methoxy groups -OCH3 is 2. The Morgan fingerprint density at radius 1 is 1.08 bits per heavy atom. The molecule has 1 saturated carbocycles. The Kier molecular flexibility index (Phi) is 5.04. The van der Waals surface area contributed by atoms with E-state index in [0.717, 1.165) is 49.0 Å². The molecule has 3 rings (SSSR count). The molecule has 0 bridgehead atoms. The number of benzene rings is 1. The summed E-state index contributed by atoms with van der Waals surface area (Å²) in [6.07, 6.45) is 3.38. The van der Waals surface area contributed by atoms with Crippen LogP contribution in [-0.4, -0.2) is 30.7 Å². The number of aliphatic hydroxyl groups is 2. The molecule has 2 N–H and O–H groups in total. The standard InChI is InChI=1S/C22H34O4/c1-13(2)15-12-14-8-9-16-21(3,4)10-7-11-22(16,20(23)24)17(14)19(26-6)18(15)25-5/h12-13,16,20,23-24H,7-11H2,1-6H3/t16?,22-/m1/s1. The number of hydrogen-bond acceptors (Lipinski definition) is 4. The lowest BCUT2D eigenvalue weighted by Gasteiger charge is -2.56. The van der Waals surface area contributed by atoms with Crippen LogP contribution in [0.1, 0.15) is 76.0 Å². The number of ether oxygens (including phenoxy) is 2. The van der Waals surface area contributed by atoms with Crippen LogP contribution in [0.25, 0.3) is 0 Å². The Hall–Kier alpha value is -1.26. The topological polar surface area (TPSA) is 58.9 Å². The van der Waals surface area contributed by atoms with Crippen molar-refractivity contribution in [3.63, 3.8) is 0 Å². The summed E-state index contributed by atoms with van der Waals surface area (Å²) in [6, 6.07) is 2.21. The molecule has 146 valence electrons. The van der Waals surface area contributed by atoms with E-state index in [1.165, 1.54) is 5.56 Å². The quantitative estimate of drug-likeness (QED) is 0.790. The first-order valence-electron chi connectivity index (χ1n) is 9.85. The average Bonchev–Trinajstić information content (AvgIpc) is 2.58. The number of aliphatic hydroxyl groups excluding tert-OH is 1. The van der Waals surface area contributed by atoms with Crippen molar-refractivity contribution in [1.82, 2.24) is 0 Å². The fraction of sp³-hybridized carbons (Fsp3) is 0.727. The molecule has 0 heterocycles. The predicted octanol–water partition coefficient (Wildman–Crippen LogP) is 4.15. The number of aryl methyl sites for hydroxylation is 1. The maximum absolute atomic E-state index is 10.7. The van der Waals surface area contributed by atoms with Gasteiger partial charge >= 0.3 is 0 Å². The molecule has 0 amide bonds. The molecule has 2 aliphatic rings. The zero-order valence-electron chi connectivity index (χ0n) is 17.1. The van der Waals surface area contributed by atoms with Crippen LogP contribution in [0.3, 0.4) is 0 Å². The van der Waals surface area contributed by atoms with Gasteiger partial charge in [-0.05, 0) is 48.5 Å². The fourth-order valence-corrected chi connectivity index (χ4v) is 5.83. The monoisotopic (exact) mass is 362 g/mol. The van der Waals surface area contributed by atoms with Crippen molar-refractivity contribution in [2.24, 2.45) is 11.3 Å². The molecule has 0 spiro atoms. The van der Waals surface area contributed by atoms with Gasteiger partial charge in [0.2, 0.25) is 0 Å². The lowest BCUT2D eigenvalue weighted by atomic mass is 9.49. The van der Waals surface area contributed by atoms with Crippen LogP contribution in [0.2, 0.25) is 0 Å². The summed E-state index contributed by atoms with van der Waals surface area (Å²) in [5.74, 6) is 1.95. The van der Waals surface area contributed by atoms with Crippen molar-refractivity contribution in [3.05, 3.63) is 22.8 Å². The minimum atomic E-state index is -1.41. The first-order chi connectivity index (χ1) is 12.2. The molecule has 0 aliphatic heterocycles. The van der Waals surface area contributed by atoms with Gasteiger partial charge in [-0.2, -0.15) is 0 Å². The Balaban J connectivity index is 2.34. The Morgan fingerprint density at radius 3 is 2.27 bits per heavy atom. The van der Waals surface area contributed by atoms with Gasteiger partial charge in [0.05, 0.1) is 19.6 Å². The van der Waals surface area contributed by atoms with Crippen molar-refractivity contribution in [2.75, 3.05) is 14.2 Å². The van der Waals surface area contributed by atoms with Crippen LogP contribution in [0, 0.1) is 11.3 Å². The van der Waals surface area contributed by atoms with Crippen LogP contribution >= 0.6 is 0 Å². The third-order valence-electron chi connectivity index (χ3n) is 6.98. The van der Waals surface area contributed by atoms with E-state index < -0.39 is 11.7 Å².